The van der Waals surface area contributed by atoms with Crippen LogP contribution >= 0.6 is 23.4 Å². The summed E-state index contributed by atoms with van der Waals surface area (Å²) in [4.78, 5) is 7.92. The van der Waals surface area contributed by atoms with Gasteiger partial charge in [0.25, 0.3) is 0 Å². The molecule has 0 amide bonds. The highest BCUT2D eigenvalue weighted by atomic mass is 35.5. The maximum Gasteiger partial charge on any atom is 0.129 e. The lowest BCUT2D eigenvalue weighted by Crippen LogP contribution is -2.03. The Hall–Kier alpha value is -1.98. The van der Waals surface area contributed by atoms with E-state index in [4.69, 9.17) is 11.6 Å². The number of para-hydroxylation sites is 1. The largest absolute Gasteiger partial charge is 0.340 e. The molecule has 0 saturated heterocycles. The van der Waals surface area contributed by atoms with Gasteiger partial charge in [-0.1, -0.05) is 29.8 Å². The molecule has 0 radical (unpaired) electrons. The van der Waals surface area contributed by atoms with Crippen LogP contribution in [0, 0.1) is 0 Å². The zero-order chi connectivity index (χ0) is 15.1. The number of thioether (sulfide) groups is 1. The van der Waals surface area contributed by atoms with Crippen molar-refractivity contribution in [2.24, 2.45) is 0 Å². The Balaban J connectivity index is 1.78. The average molecular weight is 329 g/mol. The van der Waals surface area contributed by atoms with Crippen molar-refractivity contribution in [1.82, 2.24) is 19.7 Å². The monoisotopic (exact) mass is 328 g/mol. The first kappa shape index (κ1) is 13.7. The number of benzene rings is 2. The molecule has 0 saturated carbocycles. The highest BCUT2D eigenvalue weighted by Crippen LogP contribution is 2.26. The van der Waals surface area contributed by atoms with Crippen LogP contribution in [0.2, 0.25) is 5.02 Å². The normalized spacial score (nSPS) is 11.5. The molecule has 0 spiro atoms. The Morgan fingerprint density at radius 1 is 1.23 bits per heavy atom. The lowest BCUT2D eigenvalue weighted by Gasteiger charge is -1.99. The number of H-pyrrole nitrogens is 1. The van der Waals surface area contributed by atoms with Gasteiger partial charge in [0.1, 0.15) is 10.9 Å². The quantitative estimate of drug-likeness (QED) is 0.569. The Morgan fingerprint density at radius 3 is 2.95 bits per heavy atom. The van der Waals surface area contributed by atoms with Gasteiger partial charge >= 0.3 is 0 Å². The van der Waals surface area contributed by atoms with E-state index in [1.807, 2.05) is 41.3 Å². The van der Waals surface area contributed by atoms with E-state index in [-0.39, 0.29) is 0 Å². The molecule has 0 fully saturated rings. The topological polar surface area (TPSA) is 46.5 Å². The van der Waals surface area contributed by atoms with Crippen molar-refractivity contribution in [3.8, 4) is 0 Å². The van der Waals surface area contributed by atoms with Gasteiger partial charge in [-0.3, -0.25) is 4.68 Å². The number of fused-ring (bicyclic) bond motifs is 2. The minimum absolute atomic E-state index is 0.605. The number of imidazole rings is 1. The summed E-state index contributed by atoms with van der Waals surface area (Å²) in [6, 6.07) is 13.9. The van der Waals surface area contributed by atoms with E-state index < -0.39 is 0 Å². The molecule has 0 aliphatic carbocycles. The summed E-state index contributed by atoms with van der Waals surface area (Å²) in [6.07, 6.45) is 2.04. The number of aromatic nitrogens is 4. The summed E-state index contributed by atoms with van der Waals surface area (Å²) in [5.41, 5.74) is 2.98. The van der Waals surface area contributed by atoms with E-state index in [0.717, 1.165) is 27.4 Å². The third-order valence-electron chi connectivity index (χ3n) is 3.61. The number of hydrogen-bond donors (Lipinski definition) is 1. The van der Waals surface area contributed by atoms with Crippen LogP contribution in [-0.2, 0) is 6.54 Å². The van der Waals surface area contributed by atoms with Crippen LogP contribution in [0.25, 0.3) is 21.9 Å². The van der Waals surface area contributed by atoms with Crippen molar-refractivity contribution in [2.45, 2.75) is 11.6 Å². The maximum absolute atomic E-state index is 6.02. The SMILES string of the molecule is CSc1nn(Cc2nc3ccc(Cl)cc3[nH]2)c2ccccc12. The van der Waals surface area contributed by atoms with E-state index in [0.29, 0.717) is 11.6 Å². The first-order valence-corrected chi connectivity index (χ1v) is 8.48. The second kappa shape index (κ2) is 5.34. The van der Waals surface area contributed by atoms with Crippen molar-refractivity contribution in [3.05, 3.63) is 53.3 Å². The van der Waals surface area contributed by atoms with Crippen LogP contribution < -0.4 is 0 Å². The van der Waals surface area contributed by atoms with E-state index >= 15 is 0 Å². The predicted molar refractivity (Wildman–Crippen MR) is 91.7 cm³/mol. The second-order valence-corrected chi connectivity index (χ2v) is 6.26. The molecule has 0 unspecified atom stereocenters. The number of nitrogens with one attached hydrogen (secondary N) is 1. The fourth-order valence-corrected chi connectivity index (χ4v) is 3.36. The smallest absolute Gasteiger partial charge is 0.129 e. The van der Waals surface area contributed by atoms with Crippen LogP contribution in [0.3, 0.4) is 0 Å². The van der Waals surface area contributed by atoms with E-state index in [2.05, 4.69) is 27.2 Å². The highest BCUT2D eigenvalue weighted by Gasteiger charge is 2.11. The zero-order valence-corrected chi connectivity index (χ0v) is 13.4. The Bertz CT molecular complexity index is 973. The van der Waals surface area contributed by atoms with Gasteiger partial charge in [0.05, 0.1) is 23.1 Å². The fourth-order valence-electron chi connectivity index (χ4n) is 2.62. The minimum Gasteiger partial charge on any atom is -0.340 e. The van der Waals surface area contributed by atoms with Gasteiger partial charge in [-0.05, 0) is 30.5 Å². The Labute approximate surface area is 136 Å². The summed E-state index contributed by atoms with van der Waals surface area (Å²) >= 11 is 7.68. The molecule has 1 N–H and O–H groups in total. The maximum atomic E-state index is 6.02. The van der Waals surface area contributed by atoms with Crippen molar-refractivity contribution in [3.63, 3.8) is 0 Å². The zero-order valence-electron chi connectivity index (χ0n) is 11.9. The van der Waals surface area contributed by atoms with Gasteiger partial charge in [0.15, 0.2) is 0 Å². The number of nitrogens with zero attached hydrogens (tertiary/aromatic N) is 3. The summed E-state index contributed by atoms with van der Waals surface area (Å²) in [7, 11) is 0. The molecule has 2 heterocycles. The summed E-state index contributed by atoms with van der Waals surface area (Å²) < 4.78 is 1.99. The fraction of sp³-hybridized carbons (Fsp3) is 0.125. The molecule has 0 atom stereocenters. The van der Waals surface area contributed by atoms with E-state index in [1.54, 1.807) is 11.8 Å². The molecule has 4 aromatic rings. The third kappa shape index (κ3) is 2.26. The van der Waals surface area contributed by atoms with Gasteiger partial charge < -0.3 is 4.98 Å². The lowest BCUT2D eigenvalue weighted by molar-refractivity contribution is 0.666. The van der Waals surface area contributed by atoms with E-state index in [9.17, 15) is 0 Å². The van der Waals surface area contributed by atoms with Gasteiger partial charge in [0, 0.05) is 10.4 Å². The molecule has 110 valence electrons. The predicted octanol–water partition coefficient (Wildman–Crippen LogP) is 4.34. The van der Waals surface area contributed by atoms with Crippen molar-refractivity contribution in [1.29, 1.82) is 0 Å². The molecule has 0 aliphatic rings. The van der Waals surface area contributed by atoms with Crippen molar-refractivity contribution in [2.75, 3.05) is 6.26 Å². The molecule has 0 bridgehead atoms. The number of aromatic amines is 1. The molecular formula is C16H13ClN4S. The van der Waals surface area contributed by atoms with Crippen LogP contribution in [0.4, 0.5) is 0 Å². The second-order valence-electron chi connectivity index (χ2n) is 5.03. The number of halogens is 1. The highest BCUT2D eigenvalue weighted by molar-refractivity contribution is 7.98. The molecular weight excluding hydrogens is 316 g/mol. The molecule has 2 aromatic carbocycles. The molecule has 2 aromatic heterocycles. The van der Waals surface area contributed by atoms with Crippen LogP contribution in [0.1, 0.15) is 5.82 Å². The summed E-state index contributed by atoms with van der Waals surface area (Å²) in [5.74, 6) is 0.873. The summed E-state index contributed by atoms with van der Waals surface area (Å²) in [6.45, 7) is 0.605. The van der Waals surface area contributed by atoms with Gasteiger partial charge in [-0.25, -0.2) is 4.98 Å². The van der Waals surface area contributed by atoms with Crippen molar-refractivity contribution >= 4 is 45.3 Å². The number of hydrogen-bond acceptors (Lipinski definition) is 3. The molecule has 6 heteroatoms. The lowest BCUT2D eigenvalue weighted by atomic mass is 10.2. The Kier molecular flexibility index (Phi) is 3.32. The Morgan fingerprint density at radius 2 is 2.09 bits per heavy atom. The molecule has 4 nitrogen and oxygen atoms in total. The van der Waals surface area contributed by atoms with Crippen LogP contribution in [0.15, 0.2) is 47.5 Å². The summed E-state index contributed by atoms with van der Waals surface area (Å²) in [5, 5.41) is 7.60. The molecule has 22 heavy (non-hydrogen) atoms. The van der Waals surface area contributed by atoms with Gasteiger partial charge in [-0.2, -0.15) is 5.10 Å². The molecule has 4 rings (SSSR count). The standard InChI is InChI=1S/C16H13ClN4S/c1-22-16-11-4-2-3-5-14(11)21(20-16)9-15-18-12-7-6-10(17)8-13(12)19-15/h2-8H,9H2,1H3,(H,18,19). The van der Waals surface area contributed by atoms with E-state index in [1.165, 1.54) is 5.39 Å². The van der Waals surface area contributed by atoms with Gasteiger partial charge in [-0.15, -0.1) is 11.8 Å². The van der Waals surface area contributed by atoms with Gasteiger partial charge in [0.2, 0.25) is 0 Å². The van der Waals surface area contributed by atoms with Crippen molar-refractivity contribution < 1.29 is 0 Å². The first-order valence-electron chi connectivity index (χ1n) is 6.88. The van der Waals surface area contributed by atoms with Crippen LogP contribution in [0.5, 0.6) is 0 Å². The first-order chi connectivity index (χ1) is 10.7. The average Bonchev–Trinajstić information content (AvgIpc) is 3.08. The minimum atomic E-state index is 0.605. The molecule has 0 aliphatic heterocycles. The van der Waals surface area contributed by atoms with Crippen LogP contribution in [-0.4, -0.2) is 26.0 Å². The number of rotatable bonds is 3. The third-order valence-corrected chi connectivity index (χ3v) is 4.53.